The van der Waals surface area contributed by atoms with Gasteiger partial charge in [-0.05, 0) is 33.7 Å². The minimum absolute atomic E-state index is 0.00974. The van der Waals surface area contributed by atoms with E-state index in [4.69, 9.17) is 5.11 Å². The lowest BCUT2D eigenvalue weighted by molar-refractivity contribution is -0.137. The number of nitrogens with zero attached hydrogens (tertiary/aromatic N) is 2. The number of hydrogen-bond donors (Lipinski definition) is 2. The second-order valence-electron chi connectivity index (χ2n) is 5.37. The predicted octanol–water partition coefficient (Wildman–Crippen LogP) is 0.975. The van der Waals surface area contributed by atoms with Crippen LogP contribution in [-0.2, 0) is 4.79 Å². The first-order valence-corrected chi connectivity index (χ1v) is 6.88. The number of carboxylic acids is 1. The Bertz CT molecular complexity index is 316. The summed E-state index contributed by atoms with van der Waals surface area (Å²) in [4.78, 5) is 26.4. The lowest BCUT2D eigenvalue weighted by Gasteiger charge is -2.24. The quantitative estimate of drug-likeness (QED) is 0.690. The van der Waals surface area contributed by atoms with Crippen LogP contribution in [0, 0.1) is 0 Å². The van der Waals surface area contributed by atoms with Gasteiger partial charge in [-0.2, -0.15) is 0 Å². The van der Waals surface area contributed by atoms with Crippen molar-refractivity contribution in [3.63, 3.8) is 0 Å². The summed E-state index contributed by atoms with van der Waals surface area (Å²) in [5.74, 6) is -0.863. The standard InChI is InChI=1S/C13H25N3O3/c1-10(2)15(3)9-7-14-13(19)16(11-4-5-11)8-6-12(17)18/h10-11H,4-9H2,1-3H3,(H,14,19)(H,17,18). The summed E-state index contributed by atoms with van der Waals surface area (Å²) in [5, 5.41) is 11.6. The number of carbonyl (C=O) groups excluding carboxylic acids is 1. The van der Waals surface area contributed by atoms with Gasteiger partial charge in [0.25, 0.3) is 0 Å². The van der Waals surface area contributed by atoms with E-state index < -0.39 is 5.97 Å². The van der Waals surface area contributed by atoms with Crippen LogP contribution in [0.15, 0.2) is 0 Å². The summed E-state index contributed by atoms with van der Waals surface area (Å²) in [5.41, 5.74) is 0. The molecule has 1 aliphatic rings. The Morgan fingerprint density at radius 2 is 1.95 bits per heavy atom. The number of amides is 2. The molecule has 6 heteroatoms. The lowest BCUT2D eigenvalue weighted by Crippen LogP contribution is -2.45. The van der Waals surface area contributed by atoms with Crippen LogP contribution in [0.3, 0.4) is 0 Å². The number of urea groups is 1. The smallest absolute Gasteiger partial charge is 0.317 e. The van der Waals surface area contributed by atoms with Crippen molar-refractivity contribution < 1.29 is 14.7 Å². The van der Waals surface area contributed by atoms with E-state index in [0.717, 1.165) is 19.4 Å². The first-order chi connectivity index (χ1) is 8.91. The highest BCUT2D eigenvalue weighted by Crippen LogP contribution is 2.26. The predicted molar refractivity (Wildman–Crippen MR) is 73.1 cm³/mol. The molecule has 1 aliphatic carbocycles. The van der Waals surface area contributed by atoms with Gasteiger partial charge in [0.05, 0.1) is 6.42 Å². The average molecular weight is 271 g/mol. The topological polar surface area (TPSA) is 72.9 Å². The van der Waals surface area contributed by atoms with Crippen LogP contribution in [-0.4, -0.2) is 65.7 Å². The summed E-state index contributed by atoms with van der Waals surface area (Å²) in [6.45, 7) is 5.88. The molecule has 110 valence electrons. The van der Waals surface area contributed by atoms with E-state index in [-0.39, 0.29) is 18.5 Å². The molecule has 0 saturated heterocycles. The molecule has 0 aliphatic heterocycles. The Morgan fingerprint density at radius 1 is 1.32 bits per heavy atom. The zero-order chi connectivity index (χ0) is 14.4. The third-order valence-electron chi connectivity index (χ3n) is 3.44. The number of aliphatic carboxylic acids is 1. The highest BCUT2D eigenvalue weighted by Gasteiger charge is 2.32. The molecule has 0 aromatic heterocycles. The van der Waals surface area contributed by atoms with Crippen LogP contribution >= 0.6 is 0 Å². The minimum Gasteiger partial charge on any atom is -0.481 e. The highest BCUT2D eigenvalue weighted by molar-refractivity contribution is 5.76. The molecule has 19 heavy (non-hydrogen) atoms. The van der Waals surface area contributed by atoms with E-state index in [1.807, 2.05) is 7.05 Å². The van der Waals surface area contributed by atoms with Crippen molar-refractivity contribution in [1.82, 2.24) is 15.1 Å². The Hall–Kier alpha value is -1.30. The van der Waals surface area contributed by atoms with Gasteiger partial charge < -0.3 is 20.2 Å². The second-order valence-corrected chi connectivity index (χ2v) is 5.37. The van der Waals surface area contributed by atoms with Crippen molar-refractivity contribution in [1.29, 1.82) is 0 Å². The average Bonchev–Trinajstić information content (AvgIpc) is 3.13. The van der Waals surface area contributed by atoms with E-state index >= 15 is 0 Å². The van der Waals surface area contributed by atoms with Gasteiger partial charge in [-0.25, -0.2) is 4.79 Å². The fraction of sp³-hybridized carbons (Fsp3) is 0.846. The molecule has 0 aromatic rings. The molecular formula is C13H25N3O3. The summed E-state index contributed by atoms with van der Waals surface area (Å²) >= 11 is 0. The maximum atomic E-state index is 12.0. The van der Waals surface area contributed by atoms with Crippen molar-refractivity contribution in [3.8, 4) is 0 Å². The first-order valence-electron chi connectivity index (χ1n) is 6.88. The van der Waals surface area contributed by atoms with E-state index in [1.165, 1.54) is 0 Å². The van der Waals surface area contributed by atoms with E-state index in [0.29, 0.717) is 19.1 Å². The monoisotopic (exact) mass is 271 g/mol. The third kappa shape index (κ3) is 5.92. The van der Waals surface area contributed by atoms with Crippen LogP contribution in [0.2, 0.25) is 0 Å². The van der Waals surface area contributed by atoms with E-state index in [1.54, 1.807) is 4.90 Å². The Balaban J connectivity index is 2.30. The van der Waals surface area contributed by atoms with Crippen molar-refractivity contribution in [3.05, 3.63) is 0 Å². The largest absolute Gasteiger partial charge is 0.481 e. The number of hydrogen-bond acceptors (Lipinski definition) is 3. The molecule has 2 amide bonds. The van der Waals surface area contributed by atoms with Gasteiger partial charge in [-0.3, -0.25) is 4.79 Å². The van der Waals surface area contributed by atoms with Gasteiger partial charge >= 0.3 is 12.0 Å². The molecule has 0 radical (unpaired) electrons. The Labute approximate surface area is 114 Å². The molecule has 1 fully saturated rings. The van der Waals surface area contributed by atoms with Crippen LogP contribution in [0.5, 0.6) is 0 Å². The van der Waals surface area contributed by atoms with Gasteiger partial charge in [-0.1, -0.05) is 0 Å². The molecule has 0 spiro atoms. The highest BCUT2D eigenvalue weighted by atomic mass is 16.4. The summed E-state index contributed by atoms with van der Waals surface area (Å²) in [6.07, 6.45) is 1.98. The van der Waals surface area contributed by atoms with E-state index in [9.17, 15) is 9.59 Å². The number of likely N-dealkylation sites (N-methyl/N-ethyl adjacent to an activating group) is 1. The van der Waals surface area contributed by atoms with Crippen molar-refractivity contribution in [2.75, 3.05) is 26.7 Å². The molecule has 6 nitrogen and oxygen atoms in total. The summed E-state index contributed by atoms with van der Waals surface area (Å²) in [6, 6.07) is 0.548. The molecule has 0 unspecified atom stereocenters. The van der Waals surface area contributed by atoms with Crippen LogP contribution < -0.4 is 5.32 Å². The maximum absolute atomic E-state index is 12.0. The number of carboxylic acid groups (broad SMARTS) is 1. The third-order valence-corrected chi connectivity index (χ3v) is 3.44. The molecule has 0 atom stereocenters. The molecule has 2 N–H and O–H groups in total. The van der Waals surface area contributed by atoms with Crippen LogP contribution in [0.4, 0.5) is 4.79 Å². The van der Waals surface area contributed by atoms with Crippen LogP contribution in [0.25, 0.3) is 0 Å². The minimum atomic E-state index is -0.863. The maximum Gasteiger partial charge on any atom is 0.317 e. The zero-order valence-electron chi connectivity index (χ0n) is 12.1. The van der Waals surface area contributed by atoms with E-state index in [2.05, 4.69) is 24.1 Å². The van der Waals surface area contributed by atoms with Crippen molar-refractivity contribution in [2.24, 2.45) is 0 Å². The molecule has 1 saturated carbocycles. The molecular weight excluding hydrogens is 246 g/mol. The number of nitrogens with one attached hydrogen (secondary N) is 1. The second kappa shape index (κ2) is 7.33. The van der Waals surface area contributed by atoms with Crippen molar-refractivity contribution >= 4 is 12.0 Å². The van der Waals surface area contributed by atoms with Crippen LogP contribution in [0.1, 0.15) is 33.1 Å². The molecule has 0 bridgehead atoms. The number of carbonyl (C=O) groups is 2. The SMILES string of the molecule is CC(C)N(C)CCNC(=O)N(CCC(=O)O)C1CC1. The van der Waals surface area contributed by atoms with Gasteiger partial charge in [0.2, 0.25) is 0 Å². The van der Waals surface area contributed by atoms with Gasteiger partial charge in [0.1, 0.15) is 0 Å². The molecule has 0 aromatic carbocycles. The van der Waals surface area contributed by atoms with Gasteiger partial charge in [0.15, 0.2) is 0 Å². The summed E-state index contributed by atoms with van der Waals surface area (Å²) < 4.78 is 0. The Kier molecular flexibility index (Phi) is 6.08. The summed E-state index contributed by atoms with van der Waals surface area (Å²) in [7, 11) is 2.01. The fourth-order valence-corrected chi connectivity index (χ4v) is 1.75. The molecule has 0 heterocycles. The van der Waals surface area contributed by atoms with Gasteiger partial charge in [-0.15, -0.1) is 0 Å². The van der Waals surface area contributed by atoms with Gasteiger partial charge in [0, 0.05) is 31.7 Å². The normalized spacial score (nSPS) is 14.8. The number of rotatable bonds is 8. The fourth-order valence-electron chi connectivity index (χ4n) is 1.75. The lowest BCUT2D eigenvalue weighted by atomic mass is 10.3. The Morgan fingerprint density at radius 3 is 2.42 bits per heavy atom. The first kappa shape index (κ1) is 15.8. The van der Waals surface area contributed by atoms with Crippen molar-refractivity contribution in [2.45, 2.75) is 45.2 Å². The molecule has 1 rings (SSSR count). The zero-order valence-corrected chi connectivity index (χ0v) is 12.1.